The van der Waals surface area contributed by atoms with E-state index in [9.17, 15) is 22.0 Å². The SMILES string of the molecule is [2H]C([2H])(C)Oc1cc(=O)n(C)cc1-c1cc(NS(=O)(=O)CC)ccc1Oc1ccc(F)cc1F. The van der Waals surface area contributed by atoms with E-state index in [0.717, 1.165) is 25.1 Å². The molecule has 0 unspecified atom stereocenters. The average Bonchev–Trinajstić information content (AvgIpc) is 2.72. The fraction of sp³-hybridized carbons (Fsp3) is 0.227. The van der Waals surface area contributed by atoms with Crippen molar-refractivity contribution in [2.75, 3.05) is 17.0 Å². The van der Waals surface area contributed by atoms with E-state index < -0.39 is 33.8 Å². The Morgan fingerprint density at radius 1 is 1.03 bits per heavy atom. The number of aromatic nitrogens is 1. The van der Waals surface area contributed by atoms with Crippen molar-refractivity contribution in [1.82, 2.24) is 4.57 Å². The van der Waals surface area contributed by atoms with Crippen LogP contribution in [0.1, 0.15) is 16.6 Å². The predicted molar refractivity (Wildman–Crippen MR) is 118 cm³/mol. The van der Waals surface area contributed by atoms with Gasteiger partial charge in [-0.1, -0.05) is 0 Å². The number of anilines is 1. The summed E-state index contributed by atoms with van der Waals surface area (Å²) in [7, 11) is -2.19. The van der Waals surface area contributed by atoms with E-state index in [1.54, 1.807) is 0 Å². The number of rotatable bonds is 8. The molecule has 0 aliphatic heterocycles. The van der Waals surface area contributed by atoms with E-state index in [1.165, 1.54) is 42.9 Å². The van der Waals surface area contributed by atoms with Crippen molar-refractivity contribution >= 4 is 15.7 Å². The number of benzene rings is 2. The Balaban J connectivity index is 2.24. The molecule has 32 heavy (non-hydrogen) atoms. The molecule has 0 fully saturated rings. The fourth-order valence-corrected chi connectivity index (χ4v) is 3.46. The van der Waals surface area contributed by atoms with Crippen LogP contribution in [0.4, 0.5) is 14.5 Å². The molecule has 1 aromatic heterocycles. The molecule has 1 heterocycles. The summed E-state index contributed by atoms with van der Waals surface area (Å²) in [4.78, 5) is 12.2. The van der Waals surface area contributed by atoms with E-state index in [1.807, 2.05) is 0 Å². The second-order valence-electron chi connectivity index (χ2n) is 6.70. The molecule has 7 nitrogen and oxygen atoms in total. The highest BCUT2D eigenvalue weighted by molar-refractivity contribution is 7.92. The van der Waals surface area contributed by atoms with Gasteiger partial charge < -0.3 is 14.0 Å². The van der Waals surface area contributed by atoms with Gasteiger partial charge in [-0.3, -0.25) is 9.52 Å². The van der Waals surface area contributed by atoms with Gasteiger partial charge >= 0.3 is 0 Å². The molecule has 10 heteroatoms. The number of nitrogens with zero attached hydrogens (tertiary/aromatic N) is 1. The third kappa shape index (κ3) is 5.25. The van der Waals surface area contributed by atoms with Crippen molar-refractivity contribution in [3.05, 3.63) is 70.6 Å². The van der Waals surface area contributed by atoms with Crippen LogP contribution in [-0.2, 0) is 17.1 Å². The van der Waals surface area contributed by atoms with Crippen LogP contribution in [0.3, 0.4) is 0 Å². The van der Waals surface area contributed by atoms with E-state index in [4.69, 9.17) is 12.2 Å². The number of nitrogens with one attached hydrogen (secondary N) is 1. The summed E-state index contributed by atoms with van der Waals surface area (Å²) >= 11 is 0. The molecule has 3 rings (SSSR count). The van der Waals surface area contributed by atoms with Crippen molar-refractivity contribution in [3.8, 4) is 28.4 Å². The summed E-state index contributed by atoms with van der Waals surface area (Å²) in [5.74, 6) is -2.38. The zero-order valence-electron chi connectivity index (χ0n) is 19.5. The Morgan fingerprint density at radius 3 is 2.41 bits per heavy atom. The van der Waals surface area contributed by atoms with Gasteiger partial charge in [-0.2, -0.15) is 0 Å². The third-order valence-corrected chi connectivity index (χ3v) is 5.75. The number of hydrogen-bond donors (Lipinski definition) is 1. The van der Waals surface area contributed by atoms with Crippen molar-refractivity contribution in [3.63, 3.8) is 0 Å². The van der Waals surface area contributed by atoms with Crippen LogP contribution < -0.4 is 19.8 Å². The molecule has 0 saturated heterocycles. The molecular formula is C22H22F2N2O5S. The number of ether oxygens (including phenoxy) is 2. The Bertz CT molecular complexity index is 1390. The summed E-state index contributed by atoms with van der Waals surface area (Å²) < 4.78 is 81.8. The molecule has 0 aliphatic carbocycles. The van der Waals surface area contributed by atoms with Crippen LogP contribution in [0.15, 0.2) is 53.5 Å². The highest BCUT2D eigenvalue weighted by Gasteiger charge is 2.18. The lowest BCUT2D eigenvalue weighted by atomic mass is 10.0. The summed E-state index contributed by atoms with van der Waals surface area (Å²) in [6.45, 7) is 0.443. The lowest BCUT2D eigenvalue weighted by molar-refractivity contribution is 0.340. The van der Waals surface area contributed by atoms with Gasteiger partial charge in [0.2, 0.25) is 10.0 Å². The maximum atomic E-state index is 14.3. The number of sulfonamides is 1. The summed E-state index contributed by atoms with van der Waals surface area (Å²) in [5, 5.41) is 0. The van der Waals surface area contributed by atoms with Gasteiger partial charge in [-0.05, 0) is 44.2 Å². The Labute approximate surface area is 187 Å². The number of aryl methyl sites for hydroxylation is 1. The van der Waals surface area contributed by atoms with E-state index >= 15 is 0 Å². The molecule has 2 aromatic carbocycles. The summed E-state index contributed by atoms with van der Waals surface area (Å²) in [6, 6.07) is 7.93. The number of pyridine rings is 1. The molecule has 3 aromatic rings. The molecule has 0 saturated carbocycles. The van der Waals surface area contributed by atoms with Crippen molar-refractivity contribution in [2.45, 2.75) is 13.8 Å². The lowest BCUT2D eigenvalue weighted by Crippen LogP contribution is -2.16. The van der Waals surface area contributed by atoms with Crippen LogP contribution in [0, 0.1) is 11.6 Å². The maximum Gasteiger partial charge on any atom is 0.254 e. The van der Waals surface area contributed by atoms with Gasteiger partial charge in [0.25, 0.3) is 5.56 Å². The van der Waals surface area contributed by atoms with Crippen LogP contribution in [0.5, 0.6) is 17.2 Å². The predicted octanol–water partition coefficient (Wildman–Crippen LogP) is 4.28. The topological polar surface area (TPSA) is 86.6 Å². The first kappa shape index (κ1) is 20.5. The van der Waals surface area contributed by atoms with Gasteiger partial charge in [0.05, 0.1) is 15.1 Å². The van der Waals surface area contributed by atoms with Crippen LogP contribution in [0.25, 0.3) is 11.1 Å². The second-order valence-corrected chi connectivity index (χ2v) is 8.71. The first-order valence-electron chi connectivity index (χ1n) is 10.5. The zero-order valence-corrected chi connectivity index (χ0v) is 18.3. The molecule has 0 amide bonds. The molecule has 0 radical (unpaired) electrons. The smallest absolute Gasteiger partial charge is 0.254 e. The lowest BCUT2D eigenvalue weighted by Gasteiger charge is -2.17. The van der Waals surface area contributed by atoms with E-state index in [2.05, 4.69) is 4.72 Å². The highest BCUT2D eigenvalue weighted by atomic mass is 32.2. The third-order valence-electron chi connectivity index (χ3n) is 4.44. The zero-order chi connectivity index (χ0) is 25.3. The van der Waals surface area contributed by atoms with E-state index in [0.29, 0.717) is 6.07 Å². The molecule has 0 atom stereocenters. The standard InChI is InChI=1S/C22H22F2N2O5S/c1-4-30-21-12-22(27)26(3)13-17(21)16-11-15(25-32(28,29)5-2)7-9-19(16)31-20-8-6-14(23)10-18(20)24/h6-13,25H,4-5H2,1-3H3/i4D2. The maximum absolute atomic E-state index is 14.3. The number of halogens is 2. The van der Waals surface area contributed by atoms with Gasteiger partial charge in [0.15, 0.2) is 11.6 Å². The van der Waals surface area contributed by atoms with E-state index in [-0.39, 0.29) is 39.8 Å². The molecule has 0 aliphatic rings. The molecule has 0 spiro atoms. The van der Waals surface area contributed by atoms with Gasteiger partial charge in [0.1, 0.15) is 17.3 Å². The quantitative estimate of drug-likeness (QED) is 0.535. The van der Waals surface area contributed by atoms with Crippen molar-refractivity contribution < 1.29 is 29.4 Å². The Kier molecular flexibility index (Phi) is 6.02. The van der Waals surface area contributed by atoms with Crippen molar-refractivity contribution in [1.29, 1.82) is 0 Å². The summed E-state index contributed by atoms with van der Waals surface area (Å²) in [5.41, 5.74) is -0.0150. The van der Waals surface area contributed by atoms with Crippen molar-refractivity contribution in [2.24, 2.45) is 7.05 Å². The minimum absolute atomic E-state index is 0.0186. The molecule has 170 valence electrons. The first-order chi connectivity index (χ1) is 15.8. The minimum Gasteiger partial charge on any atom is -0.493 e. The van der Waals surface area contributed by atoms with Crippen LogP contribution in [0.2, 0.25) is 0 Å². The molecular weight excluding hydrogens is 442 g/mol. The van der Waals surface area contributed by atoms with Crippen LogP contribution in [-0.4, -0.2) is 25.3 Å². The average molecular weight is 467 g/mol. The second kappa shape index (κ2) is 9.39. The van der Waals surface area contributed by atoms with Gasteiger partial charge in [-0.15, -0.1) is 0 Å². The Morgan fingerprint density at radius 2 is 1.75 bits per heavy atom. The molecule has 1 N–H and O–H groups in total. The monoisotopic (exact) mass is 466 g/mol. The minimum atomic E-state index is -3.65. The van der Waals surface area contributed by atoms with Crippen LogP contribution >= 0.6 is 0 Å². The Hall–Kier alpha value is -3.40. The normalized spacial score (nSPS) is 12.7. The fourth-order valence-electron chi connectivity index (χ4n) is 2.83. The number of hydrogen-bond acceptors (Lipinski definition) is 5. The molecule has 0 bridgehead atoms. The van der Waals surface area contributed by atoms with Gasteiger partial charge in [-0.25, -0.2) is 17.2 Å². The largest absolute Gasteiger partial charge is 0.493 e. The highest BCUT2D eigenvalue weighted by Crippen LogP contribution is 2.40. The van der Waals surface area contributed by atoms with Gasteiger partial charge in [0, 0.05) is 42.2 Å². The summed E-state index contributed by atoms with van der Waals surface area (Å²) in [6.07, 6.45) is 1.35. The first-order valence-corrected chi connectivity index (χ1v) is 11.1.